The Balaban J connectivity index is 1.64. The minimum atomic E-state index is -4.96. The Labute approximate surface area is 178 Å². The number of esters is 1. The van der Waals surface area contributed by atoms with E-state index >= 15 is 0 Å². The van der Waals surface area contributed by atoms with Crippen LogP contribution in [0.4, 0.5) is 24.5 Å². The lowest BCUT2D eigenvalue weighted by molar-refractivity contribution is -0.385. The summed E-state index contributed by atoms with van der Waals surface area (Å²) in [7, 11) is 0. The number of halogens is 3. The zero-order chi connectivity index (χ0) is 23.5. The average Bonchev–Trinajstić information content (AvgIpc) is 3.19. The van der Waals surface area contributed by atoms with Crippen molar-refractivity contribution >= 4 is 29.3 Å². The smallest absolute Gasteiger partial charge is 0.418 e. The molecule has 0 unspecified atom stereocenters. The lowest BCUT2D eigenvalue weighted by Crippen LogP contribution is -2.30. The molecule has 1 aliphatic rings. The van der Waals surface area contributed by atoms with E-state index in [9.17, 15) is 32.9 Å². The minimum absolute atomic E-state index is 0.0853. The van der Waals surface area contributed by atoms with Crippen molar-refractivity contribution in [1.29, 1.82) is 0 Å². The number of carbonyl (C=O) groups excluding carboxylic acids is 2. The van der Waals surface area contributed by atoms with Crippen molar-refractivity contribution in [3.8, 4) is 11.5 Å². The topological polar surface area (TPSA) is 117 Å². The van der Waals surface area contributed by atoms with E-state index in [-0.39, 0.29) is 6.79 Å². The Morgan fingerprint density at radius 1 is 1.19 bits per heavy atom. The van der Waals surface area contributed by atoms with Crippen LogP contribution in [0.5, 0.6) is 11.5 Å². The third-order valence-electron chi connectivity index (χ3n) is 4.25. The van der Waals surface area contributed by atoms with Gasteiger partial charge >= 0.3 is 12.1 Å². The van der Waals surface area contributed by atoms with Crippen molar-refractivity contribution < 1.29 is 41.9 Å². The molecule has 1 N–H and O–H groups in total. The van der Waals surface area contributed by atoms with E-state index in [1.807, 2.05) is 5.32 Å². The highest BCUT2D eigenvalue weighted by Crippen LogP contribution is 2.37. The molecule has 0 saturated heterocycles. The summed E-state index contributed by atoms with van der Waals surface area (Å²) in [6.45, 7) is 1.25. The molecule has 2 aromatic rings. The minimum Gasteiger partial charge on any atom is -0.454 e. The average molecular weight is 452 g/mol. The van der Waals surface area contributed by atoms with Crippen LogP contribution in [-0.4, -0.2) is 29.7 Å². The molecule has 1 atom stereocenters. The first kappa shape index (κ1) is 22.6. The van der Waals surface area contributed by atoms with Crippen LogP contribution in [-0.2, 0) is 20.5 Å². The van der Waals surface area contributed by atoms with Gasteiger partial charge in [0.05, 0.1) is 16.2 Å². The maximum absolute atomic E-state index is 13.2. The van der Waals surface area contributed by atoms with Crippen LogP contribution < -0.4 is 14.8 Å². The number of benzene rings is 2. The second-order valence-electron chi connectivity index (χ2n) is 6.50. The van der Waals surface area contributed by atoms with E-state index in [2.05, 4.69) is 0 Å². The molecule has 1 heterocycles. The van der Waals surface area contributed by atoms with E-state index in [0.717, 1.165) is 18.2 Å². The van der Waals surface area contributed by atoms with Crippen molar-refractivity contribution in [1.82, 2.24) is 0 Å². The largest absolute Gasteiger partial charge is 0.454 e. The van der Waals surface area contributed by atoms with Gasteiger partial charge in [0.2, 0.25) is 6.79 Å². The number of nitro benzene ring substituents is 1. The van der Waals surface area contributed by atoms with E-state index in [0.29, 0.717) is 23.1 Å². The van der Waals surface area contributed by atoms with Crippen molar-refractivity contribution in [2.24, 2.45) is 0 Å². The van der Waals surface area contributed by atoms with Gasteiger partial charge in [0.1, 0.15) is 0 Å². The molecule has 1 amide bonds. The number of nitrogens with one attached hydrogen (secondary N) is 1. The number of amides is 1. The molecular weight excluding hydrogens is 437 g/mol. The van der Waals surface area contributed by atoms with Crippen LogP contribution in [0.2, 0.25) is 0 Å². The molecule has 168 valence electrons. The maximum Gasteiger partial charge on any atom is 0.418 e. The second kappa shape index (κ2) is 8.96. The monoisotopic (exact) mass is 452 g/mol. The number of fused-ring (bicyclic) bond motifs is 1. The predicted molar refractivity (Wildman–Crippen MR) is 104 cm³/mol. The summed E-state index contributed by atoms with van der Waals surface area (Å²) in [5.74, 6) is -0.907. The zero-order valence-corrected chi connectivity index (χ0v) is 16.3. The van der Waals surface area contributed by atoms with Crippen LogP contribution >= 0.6 is 0 Å². The summed E-state index contributed by atoms with van der Waals surface area (Å²) >= 11 is 0. The second-order valence-corrected chi connectivity index (χ2v) is 6.50. The number of rotatable bonds is 6. The Hall–Kier alpha value is -4.09. The van der Waals surface area contributed by atoms with E-state index in [1.165, 1.54) is 13.0 Å². The summed E-state index contributed by atoms with van der Waals surface area (Å²) in [6, 6.07) is 6.80. The Kier molecular flexibility index (Phi) is 6.32. The zero-order valence-electron chi connectivity index (χ0n) is 16.3. The van der Waals surface area contributed by atoms with Crippen molar-refractivity contribution in [2.75, 3.05) is 12.1 Å². The number of carbonyl (C=O) groups is 2. The van der Waals surface area contributed by atoms with Gasteiger partial charge in [0.15, 0.2) is 17.6 Å². The van der Waals surface area contributed by atoms with Crippen LogP contribution in [0, 0.1) is 10.1 Å². The predicted octanol–water partition coefficient (Wildman–Crippen LogP) is 3.93. The standard InChI is InChI=1S/C20H15F3N2O7/c1-11(32-18(26)7-3-12-2-6-16-17(8-12)31-10-30-16)19(27)24-15-5-4-13(25(28)29)9-14(15)20(21,22)23/h2-9,11H,10H2,1H3,(H,24,27)/b7-3+/t11-/m1/s1. The van der Waals surface area contributed by atoms with Crippen molar-refractivity contribution in [3.05, 3.63) is 63.7 Å². The first-order valence-corrected chi connectivity index (χ1v) is 8.99. The van der Waals surface area contributed by atoms with Crippen molar-refractivity contribution in [3.63, 3.8) is 0 Å². The number of anilines is 1. The normalized spacial score (nSPS) is 13.6. The first-order chi connectivity index (χ1) is 15.0. The quantitative estimate of drug-likeness (QED) is 0.306. The third kappa shape index (κ3) is 5.33. The molecule has 3 rings (SSSR count). The van der Waals surface area contributed by atoms with Crippen LogP contribution in [0.25, 0.3) is 6.08 Å². The Morgan fingerprint density at radius 3 is 2.59 bits per heavy atom. The summed E-state index contributed by atoms with van der Waals surface area (Å²) < 4.78 is 54.9. The molecule has 12 heteroatoms. The lowest BCUT2D eigenvalue weighted by atomic mass is 10.1. The number of ether oxygens (including phenoxy) is 3. The van der Waals surface area contributed by atoms with Crippen LogP contribution in [0.15, 0.2) is 42.5 Å². The summed E-state index contributed by atoms with van der Waals surface area (Å²) in [4.78, 5) is 33.9. The van der Waals surface area contributed by atoms with E-state index < -0.39 is 46.0 Å². The van der Waals surface area contributed by atoms with Gasteiger partial charge in [-0.15, -0.1) is 0 Å². The molecule has 9 nitrogen and oxygen atoms in total. The number of hydrogen-bond donors (Lipinski definition) is 1. The summed E-state index contributed by atoms with van der Waals surface area (Å²) in [6.07, 6.45) is -3.97. The highest BCUT2D eigenvalue weighted by Gasteiger charge is 2.36. The lowest BCUT2D eigenvalue weighted by Gasteiger charge is -2.16. The molecule has 2 aromatic carbocycles. The molecule has 0 bridgehead atoms. The van der Waals surface area contributed by atoms with E-state index in [4.69, 9.17) is 14.2 Å². The SMILES string of the molecule is C[C@@H](OC(=O)/C=C/c1ccc2c(c1)OCO2)C(=O)Nc1ccc([N+](=O)[O-])cc1C(F)(F)F. The molecule has 0 fully saturated rings. The molecular formula is C20H15F3N2O7. The molecule has 0 radical (unpaired) electrons. The van der Waals surface area contributed by atoms with Gasteiger partial charge in [-0.05, 0) is 36.8 Å². The third-order valence-corrected chi connectivity index (χ3v) is 4.25. The summed E-state index contributed by atoms with van der Waals surface area (Å²) in [5.41, 5.74) is -2.30. The van der Waals surface area contributed by atoms with Gasteiger partial charge < -0.3 is 19.5 Å². The van der Waals surface area contributed by atoms with Gasteiger partial charge in [-0.25, -0.2) is 4.79 Å². The molecule has 0 aliphatic carbocycles. The van der Waals surface area contributed by atoms with Gasteiger partial charge in [-0.3, -0.25) is 14.9 Å². The Bertz CT molecular complexity index is 1100. The van der Waals surface area contributed by atoms with Gasteiger partial charge in [0.25, 0.3) is 11.6 Å². The Morgan fingerprint density at radius 2 is 1.91 bits per heavy atom. The van der Waals surface area contributed by atoms with Gasteiger partial charge in [-0.2, -0.15) is 13.2 Å². The molecule has 0 aromatic heterocycles. The van der Waals surface area contributed by atoms with Crippen LogP contribution in [0.3, 0.4) is 0 Å². The van der Waals surface area contributed by atoms with Crippen LogP contribution in [0.1, 0.15) is 18.1 Å². The number of hydrogen-bond acceptors (Lipinski definition) is 7. The molecule has 32 heavy (non-hydrogen) atoms. The highest BCUT2D eigenvalue weighted by molar-refractivity contribution is 5.97. The van der Waals surface area contributed by atoms with Gasteiger partial charge in [0, 0.05) is 18.2 Å². The number of non-ortho nitro benzene ring substituents is 1. The number of nitrogens with zero attached hydrogens (tertiary/aromatic N) is 1. The maximum atomic E-state index is 13.2. The van der Waals surface area contributed by atoms with Crippen molar-refractivity contribution in [2.45, 2.75) is 19.2 Å². The molecule has 0 saturated carbocycles. The van der Waals surface area contributed by atoms with E-state index in [1.54, 1.807) is 18.2 Å². The molecule has 0 spiro atoms. The number of nitro groups is 1. The van der Waals surface area contributed by atoms with Gasteiger partial charge in [-0.1, -0.05) is 6.07 Å². The fraction of sp³-hybridized carbons (Fsp3) is 0.200. The molecule has 1 aliphatic heterocycles. The number of alkyl halides is 3. The highest BCUT2D eigenvalue weighted by atomic mass is 19.4. The first-order valence-electron chi connectivity index (χ1n) is 8.99. The fourth-order valence-electron chi connectivity index (χ4n) is 2.67. The summed E-state index contributed by atoms with van der Waals surface area (Å²) in [5, 5.41) is 12.7. The fourth-order valence-corrected chi connectivity index (χ4v) is 2.67.